The second-order valence-corrected chi connectivity index (χ2v) is 3.95. The van der Waals surface area contributed by atoms with Crippen molar-refractivity contribution in [2.75, 3.05) is 26.2 Å². The Labute approximate surface area is 86.3 Å². The fourth-order valence-corrected chi connectivity index (χ4v) is 1.74. The fourth-order valence-electron chi connectivity index (χ4n) is 1.74. The highest BCUT2D eigenvalue weighted by Gasteiger charge is 2.30. The van der Waals surface area contributed by atoms with Crippen LogP contribution in [0.1, 0.15) is 26.2 Å². The fraction of sp³-hybridized carbons (Fsp3) is 0.818. The molecule has 1 saturated heterocycles. The number of nitrogens with two attached hydrogens (primary N) is 1. The molecule has 3 nitrogen and oxygen atoms in total. The van der Waals surface area contributed by atoms with E-state index in [0.29, 0.717) is 6.54 Å². The molecule has 0 unspecified atom stereocenters. The summed E-state index contributed by atoms with van der Waals surface area (Å²) in [6.45, 7) is 5.15. The molecule has 80 valence electrons. The molecule has 1 aliphatic heterocycles. The Morgan fingerprint density at radius 1 is 1.43 bits per heavy atom. The maximum absolute atomic E-state index is 9.89. The van der Waals surface area contributed by atoms with Crippen LogP contribution in [-0.4, -0.2) is 41.8 Å². The number of rotatable bonds is 3. The van der Waals surface area contributed by atoms with E-state index in [4.69, 9.17) is 5.73 Å². The zero-order valence-electron chi connectivity index (χ0n) is 8.92. The van der Waals surface area contributed by atoms with Gasteiger partial charge in [0.25, 0.3) is 0 Å². The van der Waals surface area contributed by atoms with Gasteiger partial charge in [-0.1, -0.05) is 0 Å². The summed E-state index contributed by atoms with van der Waals surface area (Å²) in [5.74, 6) is 5.94. The summed E-state index contributed by atoms with van der Waals surface area (Å²) in [6, 6.07) is 0. The first-order chi connectivity index (χ1) is 6.70. The molecule has 0 aliphatic carbocycles. The predicted octanol–water partition coefficient (Wildman–Crippen LogP) is 0.185. The van der Waals surface area contributed by atoms with Crippen LogP contribution in [0.25, 0.3) is 0 Å². The third kappa shape index (κ3) is 3.30. The second kappa shape index (κ2) is 5.35. The number of piperidine rings is 1. The molecule has 3 N–H and O–H groups in total. The highest BCUT2D eigenvalue weighted by Crippen LogP contribution is 2.20. The Morgan fingerprint density at radius 3 is 2.57 bits per heavy atom. The molecule has 14 heavy (non-hydrogen) atoms. The molecular formula is C11H20N2O. The first-order valence-corrected chi connectivity index (χ1v) is 5.24. The van der Waals surface area contributed by atoms with Crippen LogP contribution in [0.5, 0.6) is 0 Å². The van der Waals surface area contributed by atoms with Crippen molar-refractivity contribution in [3.63, 3.8) is 0 Å². The molecule has 1 heterocycles. The third-order valence-electron chi connectivity index (χ3n) is 2.90. The van der Waals surface area contributed by atoms with Crippen LogP contribution in [0.3, 0.4) is 0 Å². The normalized spacial score (nSPS) is 21.4. The summed E-state index contributed by atoms with van der Waals surface area (Å²) in [7, 11) is 0. The highest BCUT2D eigenvalue weighted by atomic mass is 16.3. The van der Waals surface area contributed by atoms with Crippen molar-refractivity contribution in [1.82, 2.24) is 4.90 Å². The lowest BCUT2D eigenvalue weighted by atomic mass is 9.91. The number of aliphatic hydroxyl groups is 1. The molecule has 1 rings (SSSR count). The van der Waals surface area contributed by atoms with Gasteiger partial charge in [-0.05, 0) is 19.8 Å². The average molecular weight is 196 g/mol. The Kier molecular flexibility index (Phi) is 4.40. The van der Waals surface area contributed by atoms with Gasteiger partial charge in [0.05, 0.1) is 5.60 Å². The zero-order chi connectivity index (χ0) is 10.4. The van der Waals surface area contributed by atoms with E-state index in [1.54, 1.807) is 0 Å². The topological polar surface area (TPSA) is 49.5 Å². The minimum Gasteiger partial charge on any atom is -0.388 e. The van der Waals surface area contributed by atoms with E-state index in [9.17, 15) is 5.11 Å². The molecule has 0 spiro atoms. The van der Waals surface area contributed by atoms with Crippen molar-refractivity contribution in [3.8, 4) is 11.8 Å². The lowest BCUT2D eigenvalue weighted by molar-refractivity contribution is -0.0128. The molecule has 1 aliphatic rings. The van der Waals surface area contributed by atoms with Crippen LogP contribution < -0.4 is 5.73 Å². The third-order valence-corrected chi connectivity index (χ3v) is 2.90. The smallest absolute Gasteiger partial charge is 0.0793 e. The minimum absolute atomic E-state index is 0.385. The van der Waals surface area contributed by atoms with E-state index >= 15 is 0 Å². The van der Waals surface area contributed by atoms with Crippen molar-refractivity contribution >= 4 is 0 Å². The summed E-state index contributed by atoms with van der Waals surface area (Å²) >= 11 is 0. The largest absolute Gasteiger partial charge is 0.388 e. The number of nitrogens with zero attached hydrogens (tertiary/aromatic N) is 1. The molecule has 0 bridgehead atoms. The molecule has 0 amide bonds. The van der Waals surface area contributed by atoms with Crippen molar-refractivity contribution in [2.45, 2.75) is 31.8 Å². The molecule has 0 atom stereocenters. The summed E-state index contributed by atoms with van der Waals surface area (Å²) in [5.41, 5.74) is 4.91. The highest BCUT2D eigenvalue weighted by molar-refractivity contribution is 4.96. The molecule has 0 saturated carbocycles. The standard InChI is InChI=1S/C11H20N2O/c1-2-3-4-7-13-8-5-11(14,10-12)6-9-13/h14H,4-10,12H2,1H3. The van der Waals surface area contributed by atoms with Crippen LogP contribution in [0.15, 0.2) is 0 Å². The van der Waals surface area contributed by atoms with Gasteiger partial charge in [0.2, 0.25) is 0 Å². The Morgan fingerprint density at radius 2 is 2.07 bits per heavy atom. The number of hydrogen-bond donors (Lipinski definition) is 2. The Bertz CT molecular complexity index is 221. The zero-order valence-corrected chi connectivity index (χ0v) is 8.92. The first-order valence-electron chi connectivity index (χ1n) is 5.24. The monoisotopic (exact) mass is 196 g/mol. The Balaban J connectivity index is 2.24. The quantitative estimate of drug-likeness (QED) is 0.633. The molecule has 1 fully saturated rings. The number of hydrogen-bond acceptors (Lipinski definition) is 3. The molecule has 3 heteroatoms. The maximum Gasteiger partial charge on any atom is 0.0793 e. The lowest BCUT2D eigenvalue weighted by Gasteiger charge is -2.37. The van der Waals surface area contributed by atoms with Gasteiger partial charge >= 0.3 is 0 Å². The van der Waals surface area contributed by atoms with E-state index < -0.39 is 5.60 Å². The molecular weight excluding hydrogens is 176 g/mol. The van der Waals surface area contributed by atoms with Crippen LogP contribution in [-0.2, 0) is 0 Å². The van der Waals surface area contributed by atoms with Crippen LogP contribution in [0, 0.1) is 11.8 Å². The van der Waals surface area contributed by atoms with E-state index in [0.717, 1.165) is 38.9 Å². The van der Waals surface area contributed by atoms with Gasteiger partial charge in [0.15, 0.2) is 0 Å². The van der Waals surface area contributed by atoms with Gasteiger partial charge in [-0.15, -0.1) is 11.8 Å². The number of likely N-dealkylation sites (tertiary alicyclic amines) is 1. The van der Waals surface area contributed by atoms with E-state index in [-0.39, 0.29) is 0 Å². The second-order valence-electron chi connectivity index (χ2n) is 3.95. The van der Waals surface area contributed by atoms with E-state index in [2.05, 4.69) is 16.7 Å². The van der Waals surface area contributed by atoms with E-state index in [1.165, 1.54) is 0 Å². The van der Waals surface area contributed by atoms with Gasteiger partial charge in [-0.25, -0.2) is 0 Å². The van der Waals surface area contributed by atoms with Gasteiger partial charge in [-0.2, -0.15) is 0 Å². The lowest BCUT2D eigenvalue weighted by Crippen LogP contribution is -2.48. The van der Waals surface area contributed by atoms with Crippen LogP contribution >= 0.6 is 0 Å². The minimum atomic E-state index is -0.604. The average Bonchev–Trinajstić information content (AvgIpc) is 2.22. The predicted molar refractivity (Wildman–Crippen MR) is 57.7 cm³/mol. The summed E-state index contributed by atoms with van der Waals surface area (Å²) in [5, 5.41) is 9.89. The molecule has 0 aromatic rings. The van der Waals surface area contributed by atoms with Crippen LogP contribution in [0.2, 0.25) is 0 Å². The van der Waals surface area contributed by atoms with Crippen molar-refractivity contribution in [3.05, 3.63) is 0 Å². The van der Waals surface area contributed by atoms with Crippen molar-refractivity contribution in [1.29, 1.82) is 0 Å². The first kappa shape index (κ1) is 11.5. The molecule has 0 radical (unpaired) electrons. The van der Waals surface area contributed by atoms with Gasteiger partial charge in [0.1, 0.15) is 0 Å². The SMILES string of the molecule is CC#CCCN1CCC(O)(CN)CC1. The van der Waals surface area contributed by atoms with Crippen molar-refractivity contribution < 1.29 is 5.11 Å². The summed E-state index contributed by atoms with van der Waals surface area (Å²) < 4.78 is 0. The van der Waals surface area contributed by atoms with Crippen molar-refractivity contribution in [2.24, 2.45) is 5.73 Å². The summed E-state index contributed by atoms with van der Waals surface area (Å²) in [6.07, 6.45) is 2.52. The maximum atomic E-state index is 9.89. The Hall–Kier alpha value is -0.560. The van der Waals surface area contributed by atoms with Gasteiger partial charge < -0.3 is 15.7 Å². The summed E-state index contributed by atoms with van der Waals surface area (Å²) in [4.78, 5) is 2.34. The molecule has 0 aromatic carbocycles. The van der Waals surface area contributed by atoms with Gasteiger partial charge in [0, 0.05) is 32.6 Å². The van der Waals surface area contributed by atoms with Gasteiger partial charge in [-0.3, -0.25) is 0 Å². The van der Waals surface area contributed by atoms with E-state index in [1.807, 2.05) is 6.92 Å². The van der Waals surface area contributed by atoms with Crippen LogP contribution in [0.4, 0.5) is 0 Å². The molecule has 0 aromatic heterocycles.